The van der Waals surface area contributed by atoms with Gasteiger partial charge in [-0.2, -0.15) is 60.7 Å². The number of hydrogen-bond acceptors (Lipinski definition) is 2. The van der Waals surface area contributed by atoms with E-state index in [0.717, 1.165) is 61.3 Å². The van der Waals surface area contributed by atoms with Crippen molar-refractivity contribution in [1.82, 2.24) is 4.98 Å². The molecule has 2 aromatic heterocycles. The van der Waals surface area contributed by atoms with Gasteiger partial charge in [0.25, 0.3) is 0 Å². The van der Waals surface area contributed by atoms with E-state index >= 15 is 0 Å². The Morgan fingerprint density at radius 1 is 0.405 bits per heavy atom. The van der Waals surface area contributed by atoms with Crippen molar-refractivity contribution in [3.8, 4) is 89.1 Å². The quantitative estimate of drug-likeness (QED) is 0.139. The first-order valence-corrected chi connectivity index (χ1v) is 25.2. The molecule has 1 radical (unpaired) electrons. The van der Waals surface area contributed by atoms with Crippen molar-refractivity contribution < 1.29 is 20.1 Å². The molecule has 0 atom stereocenters. The van der Waals surface area contributed by atoms with Gasteiger partial charge in [0, 0.05) is 88.0 Å². The van der Waals surface area contributed by atoms with Crippen LogP contribution in [0.2, 0.25) is 0 Å². The van der Waals surface area contributed by atoms with Gasteiger partial charge in [0.15, 0.2) is 0 Å². The van der Waals surface area contributed by atoms with Crippen molar-refractivity contribution >= 4 is 31.5 Å². The van der Waals surface area contributed by atoms with Crippen LogP contribution in [0.15, 0.2) is 219 Å². The van der Waals surface area contributed by atoms with Gasteiger partial charge < -0.3 is 14.7 Å². The SMILES string of the molecule is [C-]#[N+]C(C)(C)C.[C-]#[N+]C(C)(C)C.[Ir].[c-]1cccc(-c2ccccc2-c2cc(-c3ccccc3-c3c[c-]ccc3)cc(-c3ccccc3-c3c[c-]c(-c4cc(-c5ccc6c(c5)sc5ccccc56)ccn4)cc3)c2)c1. The fourth-order valence-corrected chi connectivity index (χ4v) is 9.74. The molecule has 9 aromatic carbocycles. The number of benzene rings is 9. The van der Waals surface area contributed by atoms with E-state index in [4.69, 9.17) is 18.1 Å². The van der Waals surface area contributed by atoms with Crippen molar-refractivity contribution in [3.63, 3.8) is 0 Å². The van der Waals surface area contributed by atoms with Crippen molar-refractivity contribution in [2.24, 2.45) is 0 Å². The summed E-state index contributed by atoms with van der Waals surface area (Å²) in [4.78, 5) is 11.3. The number of pyridine rings is 1. The maximum Gasteiger partial charge on any atom is 0.224 e. The molecule has 3 nitrogen and oxygen atoms in total. The Hall–Kier alpha value is -8.02. The minimum Gasteiger partial charge on any atom is -0.311 e. The maximum absolute atomic E-state index is 6.48. The van der Waals surface area contributed by atoms with Crippen LogP contribution in [-0.4, -0.2) is 16.1 Å². The molecule has 363 valence electrons. The van der Waals surface area contributed by atoms with E-state index in [-0.39, 0.29) is 31.2 Å². The van der Waals surface area contributed by atoms with Crippen LogP contribution < -0.4 is 0 Å². The van der Waals surface area contributed by atoms with E-state index in [2.05, 4.69) is 228 Å². The summed E-state index contributed by atoms with van der Waals surface area (Å²) in [7, 11) is 0. The summed E-state index contributed by atoms with van der Waals surface area (Å²) in [5.41, 5.74) is 17.6. The van der Waals surface area contributed by atoms with Gasteiger partial charge in [0.2, 0.25) is 11.1 Å². The normalized spacial score (nSPS) is 11.0. The Morgan fingerprint density at radius 3 is 1.27 bits per heavy atom. The predicted octanol–water partition coefficient (Wildman–Crippen LogP) is 19.6. The molecule has 0 N–H and O–H groups in total. The molecular formula is C69H54IrN3S-3. The molecule has 11 rings (SSSR count). The van der Waals surface area contributed by atoms with Crippen LogP contribution in [0.25, 0.3) is 119 Å². The smallest absolute Gasteiger partial charge is 0.224 e. The zero-order valence-electron chi connectivity index (χ0n) is 42.4. The van der Waals surface area contributed by atoms with Gasteiger partial charge in [-0.05, 0) is 86.6 Å². The molecule has 0 aliphatic heterocycles. The number of rotatable bonds is 8. The van der Waals surface area contributed by atoms with E-state index < -0.39 is 0 Å². The Bertz CT molecular complexity index is 3650. The van der Waals surface area contributed by atoms with Gasteiger partial charge in [-0.15, -0.1) is 52.3 Å². The number of nitrogens with zero attached hydrogens (tertiary/aromatic N) is 3. The first-order chi connectivity index (χ1) is 35.4. The number of thiophene rings is 1. The fourth-order valence-electron chi connectivity index (χ4n) is 8.59. The van der Waals surface area contributed by atoms with Gasteiger partial charge >= 0.3 is 0 Å². The van der Waals surface area contributed by atoms with Crippen molar-refractivity contribution in [1.29, 1.82) is 0 Å². The molecular weight excluding hydrogens is 1100 g/mol. The summed E-state index contributed by atoms with van der Waals surface area (Å²) >= 11 is 1.84. The van der Waals surface area contributed by atoms with Crippen molar-refractivity contribution in [2.75, 3.05) is 0 Å². The van der Waals surface area contributed by atoms with E-state index in [1.54, 1.807) is 0 Å². The largest absolute Gasteiger partial charge is 0.311 e. The van der Waals surface area contributed by atoms with Crippen LogP contribution in [0, 0.1) is 31.3 Å². The summed E-state index contributed by atoms with van der Waals surface area (Å²) in [6.07, 6.45) is 1.91. The molecule has 0 saturated carbocycles. The summed E-state index contributed by atoms with van der Waals surface area (Å²) < 4.78 is 2.61. The fraction of sp³-hybridized carbons (Fsp3) is 0.116. The van der Waals surface area contributed by atoms with Gasteiger partial charge in [-0.25, -0.2) is 13.1 Å². The number of aromatic nitrogens is 1. The van der Waals surface area contributed by atoms with Crippen LogP contribution >= 0.6 is 11.3 Å². The molecule has 0 unspecified atom stereocenters. The number of fused-ring (bicyclic) bond motifs is 3. The third kappa shape index (κ3) is 12.4. The molecule has 0 aliphatic carbocycles. The van der Waals surface area contributed by atoms with Gasteiger partial charge in [0.1, 0.15) is 0 Å². The molecule has 0 saturated heterocycles. The van der Waals surface area contributed by atoms with E-state index in [1.807, 2.05) is 71.2 Å². The Kier molecular flexibility index (Phi) is 16.4. The topological polar surface area (TPSA) is 21.6 Å². The predicted molar refractivity (Wildman–Crippen MR) is 310 cm³/mol. The first-order valence-electron chi connectivity index (χ1n) is 24.4. The second kappa shape index (κ2) is 23.2. The third-order valence-electron chi connectivity index (χ3n) is 12.2. The van der Waals surface area contributed by atoms with Gasteiger partial charge in [-0.3, -0.25) is 0 Å². The average molecular weight is 1150 g/mol. The Labute approximate surface area is 454 Å². The first kappa shape index (κ1) is 52.3. The van der Waals surface area contributed by atoms with Crippen LogP contribution in [0.1, 0.15) is 41.5 Å². The molecule has 0 fully saturated rings. The summed E-state index contributed by atoms with van der Waals surface area (Å²) in [5.74, 6) is 0. The van der Waals surface area contributed by atoms with E-state index in [9.17, 15) is 0 Å². The number of hydrogen-bond donors (Lipinski definition) is 0. The summed E-state index contributed by atoms with van der Waals surface area (Å²) in [6, 6.07) is 85.9. The van der Waals surface area contributed by atoms with E-state index in [0.29, 0.717) is 0 Å². The zero-order valence-corrected chi connectivity index (χ0v) is 45.6. The van der Waals surface area contributed by atoms with Gasteiger partial charge in [0.05, 0.1) is 0 Å². The minimum atomic E-state index is -0.167. The van der Waals surface area contributed by atoms with Crippen LogP contribution in [-0.2, 0) is 20.1 Å². The zero-order chi connectivity index (χ0) is 51.0. The second-order valence-corrected chi connectivity index (χ2v) is 20.9. The van der Waals surface area contributed by atoms with E-state index in [1.165, 1.54) is 48.0 Å². The Balaban J connectivity index is 0.000000505. The van der Waals surface area contributed by atoms with Crippen molar-refractivity contribution in [3.05, 3.63) is 260 Å². The molecule has 0 spiro atoms. The van der Waals surface area contributed by atoms with Crippen LogP contribution in [0.5, 0.6) is 0 Å². The Morgan fingerprint density at radius 2 is 0.824 bits per heavy atom. The molecule has 2 heterocycles. The molecule has 0 bridgehead atoms. The van der Waals surface area contributed by atoms with Crippen LogP contribution in [0.4, 0.5) is 0 Å². The molecule has 11 aromatic rings. The van der Waals surface area contributed by atoms with Gasteiger partial charge in [-0.1, -0.05) is 131 Å². The minimum absolute atomic E-state index is 0. The molecule has 0 aliphatic rings. The van der Waals surface area contributed by atoms with Crippen molar-refractivity contribution in [2.45, 2.75) is 52.6 Å². The monoisotopic (exact) mass is 1150 g/mol. The summed E-state index contributed by atoms with van der Waals surface area (Å²) in [6.45, 7) is 24.3. The van der Waals surface area contributed by atoms with Crippen LogP contribution in [0.3, 0.4) is 0 Å². The average Bonchev–Trinajstić information content (AvgIpc) is 3.82. The third-order valence-corrected chi connectivity index (χ3v) is 13.4. The second-order valence-electron chi connectivity index (χ2n) is 19.8. The maximum atomic E-state index is 6.48. The molecule has 5 heteroatoms. The standard InChI is InChI=1S/C59H36NS.2C5H9N.Ir/c1-3-15-40(16-4-1)49-19-7-10-22-52(49)46-35-47(53-23-11-8-20-50(53)41-17-5-2-6-18-41)37-48(36-46)54-24-12-9-21-51(54)42-27-29-43(30-28-42)57-38-45(33-34-60-57)44-31-32-56-55-25-13-14-26-58(55)61-59(56)39-44;2*1-5(2,3)6-4;/h1-3,5,7-29,31-39H;2*1-3H3;/q-3;;;. The summed E-state index contributed by atoms with van der Waals surface area (Å²) in [5, 5.41) is 2.62. The molecule has 74 heavy (non-hydrogen) atoms. The molecule has 0 amide bonds.